The van der Waals surface area contributed by atoms with Gasteiger partial charge in [0.05, 0.1) is 12.3 Å². The zero-order chi connectivity index (χ0) is 20.8. The van der Waals surface area contributed by atoms with E-state index in [1.165, 1.54) is 12.1 Å². The van der Waals surface area contributed by atoms with E-state index in [0.29, 0.717) is 23.7 Å². The topological polar surface area (TPSA) is 111 Å². The number of hydrogen-bond acceptors (Lipinski definition) is 8. The SMILES string of the molecule is C=C(O)COCCN1CCCC(Nc2cc(C)c(-c3ccc(O)cc3O)nn2)C1. The number of rotatable bonds is 8. The third kappa shape index (κ3) is 5.82. The standard InChI is InChI=1S/C21H28N4O4/c1-14-10-20(23-24-21(14)18-6-5-17(27)11-19(18)28)22-16-4-3-7-25(12-16)8-9-29-13-15(2)26/h5-6,10-11,16,26-28H,2-4,7-9,12-13H2,1H3,(H,22,23). The van der Waals surface area contributed by atoms with E-state index in [1.54, 1.807) is 6.07 Å². The van der Waals surface area contributed by atoms with Crippen molar-refractivity contribution in [3.63, 3.8) is 0 Å². The van der Waals surface area contributed by atoms with Crippen LogP contribution in [0.3, 0.4) is 0 Å². The number of hydrogen-bond donors (Lipinski definition) is 4. The number of aliphatic hydroxyl groups is 1. The summed E-state index contributed by atoms with van der Waals surface area (Å²) in [5.41, 5.74) is 2.00. The molecule has 156 valence electrons. The average molecular weight is 400 g/mol. The Morgan fingerprint density at radius 3 is 2.86 bits per heavy atom. The quantitative estimate of drug-likeness (QED) is 0.395. The van der Waals surface area contributed by atoms with Gasteiger partial charge in [0.15, 0.2) is 0 Å². The lowest BCUT2D eigenvalue weighted by Crippen LogP contribution is -2.43. The summed E-state index contributed by atoms with van der Waals surface area (Å²) in [6, 6.07) is 6.61. The number of nitrogens with one attached hydrogen (secondary N) is 1. The number of anilines is 1. The first-order valence-corrected chi connectivity index (χ1v) is 9.72. The van der Waals surface area contributed by atoms with Crippen molar-refractivity contribution in [1.82, 2.24) is 15.1 Å². The van der Waals surface area contributed by atoms with Gasteiger partial charge in [0.25, 0.3) is 0 Å². The molecule has 0 amide bonds. The van der Waals surface area contributed by atoms with Gasteiger partial charge in [-0.05, 0) is 50.1 Å². The second-order valence-corrected chi connectivity index (χ2v) is 7.37. The molecule has 2 heterocycles. The molecular formula is C21H28N4O4. The van der Waals surface area contributed by atoms with Crippen molar-refractivity contribution in [3.8, 4) is 22.8 Å². The Labute approximate surface area is 170 Å². The van der Waals surface area contributed by atoms with E-state index in [-0.39, 0.29) is 29.9 Å². The lowest BCUT2D eigenvalue weighted by molar-refractivity contribution is 0.0925. The van der Waals surface area contributed by atoms with Crippen LogP contribution >= 0.6 is 0 Å². The van der Waals surface area contributed by atoms with Crippen molar-refractivity contribution in [2.24, 2.45) is 0 Å². The Morgan fingerprint density at radius 2 is 2.14 bits per heavy atom. The molecule has 4 N–H and O–H groups in total. The van der Waals surface area contributed by atoms with Crippen LogP contribution in [0.1, 0.15) is 18.4 Å². The molecule has 1 aliphatic rings. The van der Waals surface area contributed by atoms with Crippen LogP contribution in [0.25, 0.3) is 11.3 Å². The molecule has 1 aromatic heterocycles. The number of phenolic OH excluding ortho intramolecular Hbond substituents is 2. The number of aryl methyl sites for hydroxylation is 1. The van der Waals surface area contributed by atoms with Gasteiger partial charge in [0.1, 0.15) is 29.7 Å². The van der Waals surface area contributed by atoms with E-state index in [4.69, 9.17) is 9.84 Å². The summed E-state index contributed by atoms with van der Waals surface area (Å²) in [5, 5.41) is 40.6. The van der Waals surface area contributed by atoms with E-state index in [1.807, 2.05) is 13.0 Å². The predicted octanol–water partition coefficient (Wildman–Crippen LogP) is 2.83. The molecule has 29 heavy (non-hydrogen) atoms. The molecule has 1 unspecified atom stereocenters. The molecule has 1 atom stereocenters. The molecule has 2 aromatic rings. The van der Waals surface area contributed by atoms with E-state index >= 15 is 0 Å². The Balaban J connectivity index is 1.58. The Kier molecular flexibility index (Phi) is 6.90. The minimum atomic E-state index is -0.0296. The van der Waals surface area contributed by atoms with Crippen molar-refractivity contribution in [2.45, 2.75) is 25.8 Å². The van der Waals surface area contributed by atoms with Crippen LogP contribution in [0.15, 0.2) is 36.6 Å². The monoisotopic (exact) mass is 400 g/mol. The number of piperidine rings is 1. The van der Waals surface area contributed by atoms with Gasteiger partial charge in [0, 0.05) is 30.8 Å². The minimum Gasteiger partial charge on any atom is -0.510 e. The number of ether oxygens (including phenoxy) is 1. The minimum absolute atomic E-state index is 0.00342. The summed E-state index contributed by atoms with van der Waals surface area (Å²) in [6.07, 6.45) is 2.13. The highest BCUT2D eigenvalue weighted by Crippen LogP contribution is 2.32. The zero-order valence-corrected chi connectivity index (χ0v) is 16.6. The lowest BCUT2D eigenvalue weighted by atomic mass is 10.0. The first-order valence-electron chi connectivity index (χ1n) is 9.72. The smallest absolute Gasteiger partial charge is 0.149 e. The number of benzene rings is 1. The third-order valence-corrected chi connectivity index (χ3v) is 4.90. The number of phenols is 2. The van der Waals surface area contributed by atoms with Gasteiger partial charge >= 0.3 is 0 Å². The van der Waals surface area contributed by atoms with Crippen LogP contribution in [0.5, 0.6) is 11.5 Å². The fourth-order valence-corrected chi connectivity index (χ4v) is 3.51. The number of aliphatic hydroxyl groups excluding tert-OH is 1. The summed E-state index contributed by atoms with van der Waals surface area (Å²) in [7, 11) is 0. The second kappa shape index (κ2) is 9.58. The van der Waals surface area contributed by atoms with Crippen LogP contribution in [0.2, 0.25) is 0 Å². The normalized spacial score (nSPS) is 17.2. The average Bonchev–Trinajstić information content (AvgIpc) is 2.66. The van der Waals surface area contributed by atoms with Crippen LogP contribution in [-0.4, -0.2) is 69.3 Å². The Morgan fingerprint density at radius 1 is 1.31 bits per heavy atom. The third-order valence-electron chi connectivity index (χ3n) is 4.90. The van der Waals surface area contributed by atoms with Gasteiger partial charge in [-0.15, -0.1) is 10.2 Å². The molecular weight excluding hydrogens is 372 g/mol. The van der Waals surface area contributed by atoms with E-state index in [0.717, 1.165) is 38.0 Å². The summed E-state index contributed by atoms with van der Waals surface area (Å²) >= 11 is 0. The maximum absolute atomic E-state index is 10.1. The molecule has 1 fully saturated rings. The van der Waals surface area contributed by atoms with Crippen LogP contribution in [0.4, 0.5) is 5.82 Å². The highest BCUT2D eigenvalue weighted by molar-refractivity contribution is 5.70. The molecule has 0 saturated carbocycles. The summed E-state index contributed by atoms with van der Waals surface area (Å²) in [4.78, 5) is 2.32. The van der Waals surface area contributed by atoms with E-state index in [9.17, 15) is 10.2 Å². The largest absolute Gasteiger partial charge is 0.510 e. The molecule has 1 aromatic carbocycles. The first-order chi connectivity index (χ1) is 13.9. The fourth-order valence-electron chi connectivity index (χ4n) is 3.51. The molecule has 0 spiro atoms. The molecule has 0 aliphatic carbocycles. The van der Waals surface area contributed by atoms with Crippen molar-refractivity contribution >= 4 is 5.82 Å². The van der Waals surface area contributed by atoms with Crippen LogP contribution in [-0.2, 0) is 4.74 Å². The van der Waals surface area contributed by atoms with Gasteiger partial charge in [0.2, 0.25) is 0 Å². The van der Waals surface area contributed by atoms with Gasteiger partial charge in [-0.25, -0.2) is 0 Å². The predicted molar refractivity (Wildman–Crippen MR) is 111 cm³/mol. The highest BCUT2D eigenvalue weighted by atomic mass is 16.5. The number of aromatic hydroxyl groups is 2. The van der Waals surface area contributed by atoms with Crippen molar-refractivity contribution in [1.29, 1.82) is 0 Å². The maximum atomic E-state index is 10.1. The molecule has 0 radical (unpaired) electrons. The van der Waals surface area contributed by atoms with Gasteiger partial charge in [-0.3, -0.25) is 4.90 Å². The molecule has 0 bridgehead atoms. The Hall–Kier alpha value is -2.84. The number of likely N-dealkylation sites (tertiary alicyclic amines) is 1. The number of aromatic nitrogens is 2. The van der Waals surface area contributed by atoms with Crippen molar-refractivity contribution in [3.05, 3.63) is 42.2 Å². The molecule has 8 heteroatoms. The number of nitrogens with zero attached hydrogens (tertiary/aromatic N) is 3. The molecule has 3 rings (SSSR count). The van der Waals surface area contributed by atoms with Gasteiger partial charge in [-0.1, -0.05) is 6.58 Å². The summed E-state index contributed by atoms with van der Waals surface area (Å²) < 4.78 is 5.37. The van der Waals surface area contributed by atoms with Crippen LogP contribution in [0, 0.1) is 6.92 Å². The van der Waals surface area contributed by atoms with Crippen LogP contribution < -0.4 is 5.32 Å². The maximum Gasteiger partial charge on any atom is 0.149 e. The highest BCUT2D eigenvalue weighted by Gasteiger charge is 2.20. The Bertz CT molecular complexity index is 859. The molecule has 1 aliphatic heterocycles. The van der Waals surface area contributed by atoms with Crippen molar-refractivity contribution < 1.29 is 20.1 Å². The van der Waals surface area contributed by atoms with E-state index in [2.05, 4.69) is 27.0 Å². The molecule has 8 nitrogen and oxygen atoms in total. The fraction of sp³-hybridized carbons (Fsp3) is 0.429. The molecule has 1 saturated heterocycles. The van der Waals surface area contributed by atoms with Crippen molar-refractivity contribution in [2.75, 3.05) is 38.2 Å². The first kappa shape index (κ1) is 20.9. The van der Waals surface area contributed by atoms with E-state index < -0.39 is 0 Å². The lowest BCUT2D eigenvalue weighted by Gasteiger charge is -2.33. The summed E-state index contributed by atoms with van der Waals surface area (Å²) in [6.45, 7) is 8.75. The second-order valence-electron chi connectivity index (χ2n) is 7.37. The summed E-state index contributed by atoms with van der Waals surface area (Å²) in [5.74, 6) is 0.715. The van der Waals surface area contributed by atoms with Gasteiger partial charge in [-0.2, -0.15) is 0 Å². The zero-order valence-electron chi connectivity index (χ0n) is 16.6. The van der Waals surface area contributed by atoms with Gasteiger partial charge < -0.3 is 25.4 Å².